The Morgan fingerprint density at radius 1 is 1.11 bits per heavy atom. The lowest BCUT2D eigenvalue weighted by molar-refractivity contribution is 0.132. The lowest BCUT2D eigenvalue weighted by Gasteiger charge is -2.03. The second kappa shape index (κ2) is 6.59. The molecule has 3 nitrogen and oxygen atoms in total. The Balaban J connectivity index is 1.93. The molecule has 0 aliphatic carbocycles. The number of oxime groups is 1. The van der Waals surface area contributed by atoms with E-state index in [4.69, 9.17) is 9.57 Å². The predicted molar refractivity (Wildman–Crippen MR) is 76.6 cm³/mol. The minimum Gasteiger partial charge on any atom is -0.496 e. The van der Waals surface area contributed by atoms with Crippen molar-refractivity contribution in [2.45, 2.75) is 13.5 Å². The van der Waals surface area contributed by atoms with Crippen LogP contribution in [0.25, 0.3) is 0 Å². The third-order valence-corrected chi connectivity index (χ3v) is 2.72. The second-order valence-electron chi connectivity index (χ2n) is 4.24. The van der Waals surface area contributed by atoms with E-state index in [9.17, 15) is 0 Å². The van der Waals surface area contributed by atoms with Gasteiger partial charge < -0.3 is 9.57 Å². The minimum atomic E-state index is 0.466. The molecule has 0 fully saturated rings. The molecule has 0 unspecified atom stereocenters. The zero-order valence-electron chi connectivity index (χ0n) is 11.2. The number of aryl methyl sites for hydroxylation is 1. The maximum atomic E-state index is 5.29. The smallest absolute Gasteiger partial charge is 0.142 e. The van der Waals surface area contributed by atoms with Crippen LogP contribution in [0.15, 0.2) is 53.7 Å². The first-order valence-corrected chi connectivity index (χ1v) is 6.13. The molecule has 0 bridgehead atoms. The van der Waals surface area contributed by atoms with Crippen LogP contribution in [0.5, 0.6) is 5.75 Å². The molecule has 2 rings (SSSR count). The average Bonchev–Trinajstić information content (AvgIpc) is 2.44. The highest BCUT2D eigenvalue weighted by Gasteiger charge is 1.97. The summed E-state index contributed by atoms with van der Waals surface area (Å²) in [5.41, 5.74) is 3.22. The molecule has 98 valence electrons. The lowest BCUT2D eigenvalue weighted by Crippen LogP contribution is -1.92. The molecule has 0 saturated heterocycles. The number of ether oxygens (including phenoxy) is 1. The van der Waals surface area contributed by atoms with Crippen LogP contribution in [-0.2, 0) is 11.4 Å². The van der Waals surface area contributed by atoms with Gasteiger partial charge in [0.2, 0.25) is 0 Å². The highest BCUT2D eigenvalue weighted by molar-refractivity contribution is 5.82. The van der Waals surface area contributed by atoms with Gasteiger partial charge in [0.15, 0.2) is 0 Å². The van der Waals surface area contributed by atoms with Crippen LogP contribution in [0.4, 0.5) is 0 Å². The van der Waals surface area contributed by atoms with E-state index in [0.29, 0.717) is 6.61 Å². The van der Waals surface area contributed by atoms with Crippen molar-refractivity contribution >= 4 is 6.21 Å². The largest absolute Gasteiger partial charge is 0.496 e. The fraction of sp³-hybridized carbons (Fsp3) is 0.188. The van der Waals surface area contributed by atoms with Gasteiger partial charge in [0.1, 0.15) is 12.4 Å². The number of methoxy groups -OCH3 is 1. The summed E-state index contributed by atoms with van der Waals surface area (Å²) in [6, 6.07) is 15.8. The Kier molecular flexibility index (Phi) is 4.56. The summed E-state index contributed by atoms with van der Waals surface area (Å²) in [4.78, 5) is 5.29. The summed E-state index contributed by atoms with van der Waals surface area (Å²) in [5, 5.41) is 3.97. The fourth-order valence-electron chi connectivity index (χ4n) is 1.78. The van der Waals surface area contributed by atoms with Crippen LogP contribution in [0.3, 0.4) is 0 Å². The minimum absolute atomic E-state index is 0.466. The van der Waals surface area contributed by atoms with Crippen LogP contribution in [-0.4, -0.2) is 13.3 Å². The van der Waals surface area contributed by atoms with Gasteiger partial charge in [0.05, 0.1) is 13.3 Å². The maximum absolute atomic E-state index is 5.29. The van der Waals surface area contributed by atoms with Crippen LogP contribution in [0.1, 0.15) is 16.7 Å². The number of rotatable bonds is 5. The van der Waals surface area contributed by atoms with Crippen molar-refractivity contribution in [2.24, 2.45) is 5.16 Å². The molecule has 0 saturated carbocycles. The second-order valence-corrected chi connectivity index (χ2v) is 4.24. The average molecular weight is 255 g/mol. The summed E-state index contributed by atoms with van der Waals surface area (Å²) in [5.74, 6) is 0.783. The summed E-state index contributed by atoms with van der Waals surface area (Å²) >= 11 is 0. The molecule has 19 heavy (non-hydrogen) atoms. The molecule has 0 heterocycles. The van der Waals surface area contributed by atoms with Gasteiger partial charge in [-0.25, -0.2) is 0 Å². The van der Waals surface area contributed by atoms with Gasteiger partial charge in [-0.15, -0.1) is 0 Å². The topological polar surface area (TPSA) is 30.8 Å². The Morgan fingerprint density at radius 2 is 1.95 bits per heavy atom. The van der Waals surface area contributed by atoms with Gasteiger partial charge in [-0.2, -0.15) is 0 Å². The van der Waals surface area contributed by atoms with E-state index >= 15 is 0 Å². The van der Waals surface area contributed by atoms with Crippen molar-refractivity contribution in [3.8, 4) is 5.75 Å². The van der Waals surface area contributed by atoms with Gasteiger partial charge in [0, 0.05) is 5.56 Å². The standard InChI is InChI=1S/C16H17NO2/c1-13-6-5-7-14(10-13)12-19-17-11-15-8-3-4-9-16(15)18-2/h3-11H,12H2,1-2H3. The first kappa shape index (κ1) is 13.1. The van der Waals surface area contributed by atoms with Crippen LogP contribution >= 0.6 is 0 Å². The van der Waals surface area contributed by atoms with Crippen molar-refractivity contribution < 1.29 is 9.57 Å². The monoisotopic (exact) mass is 255 g/mol. The van der Waals surface area contributed by atoms with E-state index < -0.39 is 0 Å². The number of hydrogen-bond donors (Lipinski definition) is 0. The van der Waals surface area contributed by atoms with Crippen molar-refractivity contribution in [1.82, 2.24) is 0 Å². The van der Waals surface area contributed by atoms with Crippen molar-refractivity contribution in [3.05, 3.63) is 65.2 Å². The Morgan fingerprint density at radius 3 is 2.74 bits per heavy atom. The van der Waals surface area contributed by atoms with Crippen molar-refractivity contribution in [1.29, 1.82) is 0 Å². The summed E-state index contributed by atoms with van der Waals surface area (Å²) in [6.07, 6.45) is 1.66. The number of benzene rings is 2. The third kappa shape index (κ3) is 3.85. The predicted octanol–water partition coefficient (Wildman–Crippen LogP) is 3.55. The fourth-order valence-corrected chi connectivity index (χ4v) is 1.78. The van der Waals surface area contributed by atoms with Crippen molar-refractivity contribution in [3.63, 3.8) is 0 Å². The van der Waals surface area contributed by atoms with Crippen LogP contribution in [0, 0.1) is 6.92 Å². The van der Waals surface area contributed by atoms with E-state index in [1.807, 2.05) is 36.4 Å². The molecule has 0 aliphatic rings. The highest BCUT2D eigenvalue weighted by Crippen LogP contribution is 2.14. The number of para-hydroxylation sites is 1. The van der Waals surface area contributed by atoms with E-state index in [1.165, 1.54) is 5.56 Å². The molecule has 2 aromatic carbocycles. The van der Waals surface area contributed by atoms with E-state index in [0.717, 1.165) is 16.9 Å². The van der Waals surface area contributed by atoms with Gasteiger partial charge in [-0.05, 0) is 24.6 Å². The molecular formula is C16H17NO2. The van der Waals surface area contributed by atoms with Crippen LogP contribution in [0.2, 0.25) is 0 Å². The van der Waals surface area contributed by atoms with Gasteiger partial charge in [0.25, 0.3) is 0 Å². The van der Waals surface area contributed by atoms with Crippen molar-refractivity contribution in [2.75, 3.05) is 7.11 Å². The molecule has 0 aliphatic heterocycles. The molecule has 3 heteroatoms. The Bertz CT molecular complexity index is 564. The quantitative estimate of drug-likeness (QED) is 0.604. The molecule has 0 atom stereocenters. The maximum Gasteiger partial charge on any atom is 0.142 e. The van der Waals surface area contributed by atoms with E-state index in [2.05, 4.69) is 24.2 Å². The SMILES string of the molecule is COc1ccccc1C=NOCc1cccc(C)c1. The molecule has 0 spiro atoms. The Hall–Kier alpha value is -2.29. The van der Waals surface area contributed by atoms with Gasteiger partial charge in [-0.3, -0.25) is 0 Å². The molecule has 0 N–H and O–H groups in total. The summed E-state index contributed by atoms with van der Waals surface area (Å²) in [7, 11) is 1.64. The van der Waals surface area contributed by atoms with E-state index in [-0.39, 0.29) is 0 Å². The molecule has 2 aromatic rings. The molecular weight excluding hydrogens is 238 g/mol. The van der Waals surface area contributed by atoms with Gasteiger partial charge >= 0.3 is 0 Å². The zero-order chi connectivity index (χ0) is 13.5. The molecule has 0 radical (unpaired) electrons. The highest BCUT2D eigenvalue weighted by atomic mass is 16.6. The van der Waals surface area contributed by atoms with Crippen LogP contribution < -0.4 is 4.74 Å². The normalized spacial score (nSPS) is 10.6. The molecule has 0 aromatic heterocycles. The third-order valence-electron chi connectivity index (χ3n) is 2.72. The summed E-state index contributed by atoms with van der Waals surface area (Å²) in [6.45, 7) is 2.52. The van der Waals surface area contributed by atoms with E-state index in [1.54, 1.807) is 13.3 Å². The zero-order valence-corrected chi connectivity index (χ0v) is 11.2. The first-order chi connectivity index (χ1) is 9.29. The molecule has 0 amide bonds. The Labute approximate surface area is 113 Å². The van der Waals surface area contributed by atoms with Gasteiger partial charge in [-0.1, -0.05) is 47.1 Å². The number of hydrogen-bond acceptors (Lipinski definition) is 3. The lowest BCUT2D eigenvalue weighted by atomic mass is 10.1. The summed E-state index contributed by atoms with van der Waals surface area (Å²) < 4.78 is 5.23. The first-order valence-electron chi connectivity index (χ1n) is 6.13. The number of nitrogens with zero attached hydrogens (tertiary/aromatic N) is 1.